The molecule has 0 aromatic heterocycles. The lowest BCUT2D eigenvalue weighted by Gasteiger charge is -2.41. The third-order valence-corrected chi connectivity index (χ3v) is 6.11. The number of rotatable bonds is 4. The van der Waals surface area contributed by atoms with Crippen LogP contribution in [0.15, 0.2) is 53.0 Å². The Morgan fingerprint density at radius 2 is 1.88 bits per heavy atom. The van der Waals surface area contributed by atoms with Crippen LogP contribution in [0.3, 0.4) is 0 Å². The van der Waals surface area contributed by atoms with Crippen LogP contribution in [0.1, 0.15) is 57.9 Å². The lowest BCUT2D eigenvalue weighted by Crippen LogP contribution is -2.38. The number of thiocarbonyl (C=S) groups is 1. The number of hydrogen-bond donors (Lipinski definition) is 0. The van der Waals surface area contributed by atoms with E-state index in [2.05, 4.69) is 61.5 Å². The van der Waals surface area contributed by atoms with Crippen LogP contribution in [0, 0.1) is 11.8 Å². The fourth-order valence-electron chi connectivity index (χ4n) is 4.51. The summed E-state index contributed by atoms with van der Waals surface area (Å²) in [6.45, 7) is 4.56. The van der Waals surface area contributed by atoms with Crippen molar-refractivity contribution >= 4 is 23.0 Å². The molecule has 3 rings (SSSR count). The van der Waals surface area contributed by atoms with Crippen molar-refractivity contribution in [3.8, 4) is 0 Å². The molecule has 2 aliphatic carbocycles. The number of benzene rings is 1. The lowest BCUT2D eigenvalue weighted by atomic mass is 9.67. The van der Waals surface area contributed by atoms with Gasteiger partial charge in [-0.25, -0.2) is 4.99 Å². The second-order valence-electron chi connectivity index (χ2n) is 7.39. The second-order valence-corrected chi connectivity index (χ2v) is 7.57. The molecule has 1 aromatic rings. The van der Waals surface area contributed by atoms with Gasteiger partial charge >= 0.3 is 0 Å². The SMILES string of the molecule is CCC1CCC(C2(N=C=S)C=CC(c3ccccc3)=C(C)C2)CC1. The Bertz CT molecular complexity index is 673. The van der Waals surface area contributed by atoms with Gasteiger partial charge in [-0.2, -0.15) is 0 Å². The van der Waals surface area contributed by atoms with Crippen molar-refractivity contribution in [3.05, 3.63) is 53.6 Å². The number of hydrogen-bond acceptors (Lipinski definition) is 2. The highest BCUT2D eigenvalue weighted by Crippen LogP contribution is 2.45. The van der Waals surface area contributed by atoms with Gasteiger partial charge in [-0.3, -0.25) is 0 Å². The van der Waals surface area contributed by atoms with E-state index in [1.54, 1.807) is 0 Å². The topological polar surface area (TPSA) is 12.4 Å². The smallest absolute Gasteiger partial charge is 0.0958 e. The van der Waals surface area contributed by atoms with Crippen molar-refractivity contribution in [1.29, 1.82) is 0 Å². The van der Waals surface area contributed by atoms with Gasteiger partial charge in [0.2, 0.25) is 0 Å². The Morgan fingerprint density at radius 1 is 1.17 bits per heavy atom. The molecule has 1 nitrogen and oxygen atoms in total. The van der Waals surface area contributed by atoms with Gasteiger partial charge in [0, 0.05) is 0 Å². The van der Waals surface area contributed by atoms with Crippen molar-refractivity contribution < 1.29 is 0 Å². The highest BCUT2D eigenvalue weighted by Gasteiger charge is 2.40. The van der Waals surface area contributed by atoms with E-state index in [0.717, 1.165) is 12.3 Å². The third-order valence-electron chi connectivity index (χ3n) is 6.02. The highest BCUT2D eigenvalue weighted by molar-refractivity contribution is 7.78. The Balaban J connectivity index is 1.86. The van der Waals surface area contributed by atoms with E-state index in [4.69, 9.17) is 17.2 Å². The van der Waals surface area contributed by atoms with Crippen molar-refractivity contribution in [1.82, 2.24) is 0 Å². The van der Waals surface area contributed by atoms with E-state index < -0.39 is 0 Å². The molecule has 0 amide bonds. The van der Waals surface area contributed by atoms with E-state index in [1.165, 1.54) is 48.8 Å². The molecule has 0 N–H and O–H groups in total. The Hall–Kier alpha value is -1.50. The molecule has 0 spiro atoms. The zero-order chi connectivity index (χ0) is 17.0. The summed E-state index contributed by atoms with van der Waals surface area (Å²) in [5, 5.41) is 2.71. The Morgan fingerprint density at radius 3 is 2.46 bits per heavy atom. The van der Waals surface area contributed by atoms with Gasteiger partial charge in [-0.1, -0.05) is 74.2 Å². The fourth-order valence-corrected chi connectivity index (χ4v) is 4.68. The third kappa shape index (κ3) is 3.45. The van der Waals surface area contributed by atoms with Crippen molar-refractivity contribution in [2.24, 2.45) is 16.8 Å². The molecule has 0 bridgehead atoms. The number of aliphatic imine (C=N–C) groups is 1. The van der Waals surface area contributed by atoms with Crippen molar-refractivity contribution in [3.63, 3.8) is 0 Å². The molecule has 2 aliphatic rings. The molecule has 2 heteroatoms. The van der Waals surface area contributed by atoms with Crippen molar-refractivity contribution in [2.75, 3.05) is 0 Å². The van der Waals surface area contributed by atoms with Crippen LogP contribution in [0.4, 0.5) is 0 Å². The lowest BCUT2D eigenvalue weighted by molar-refractivity contribution is 0.201. The van der Waals surface area contributed by atoms with Crippen LogP contribution < -0.4 is 0 Å². The van der Waals surface area contributed by atoms with Gasteiger partial charge < -0.3 is 0 Å². The van der Waals surface area contributed by atoms with E-state index in [0.29, 0.717) is 5.92 Å². The van der Waals surface area contributed by atoms with E-state index in [9.17, 15) is 0 Å². The zero-order valence-corrected chi connectivity index (χ0v) is 15.6. The molecular formula is C22H27NS. The van der Waals surface area contributed by atoms with Gasteiger partial charge in [0.1, 0.15) is 0 Å². The summed E-state index contributed by atoms with van der Waals surface area (Å²) in [5.41, 5.74) is 3.88. The van der Waals surface area contributed by atoms with Crippen LogP contribution >= 0.6 is 12.2 Å². The maximum absolute atomic E-state index is 5.01. The first kappa shape index (κ1) is 17.3. The first-order valence-corrected chi connectivity index (χ1v) is 9.63. The summed E-state index contributed by atoms with van der Waals surface area (Å²) in [4.78, 5) is 4.71. The average molecular weight is 338 g/mol. The van der Waals surface area contributed by atoms with E-state index in [-0.39, 0.29) is 5.54 Å². The zero-order valence-electron chi connectivity index (χ0n) is 14.8. The standard InChI is InChI=1S/C22H27NS/c1-3-18-9-11-20(12-10-18)22(23-16-24)14-13-21(17(2)15-22)19-7-5-4-6-8-19/h4-8,13-14,18,20H,3,9-12,15H2,1-2H3. The summed E-state index contributed by atoms with van der Waals surface area (Å²) < 4.78 is 0. The first-order valence-electron chi connectivity index (χ1n) is 9.22. The molecule has 1 saturated carbocycles. The Labute approximate surface area is 151 Å². The molecule has 0 heterocycles. The number of isothiocyanates is 1. The monoisotopic (exact) mass is 337 g/mol. The maximum Gasteiger partial charge on any atom is 0.0958 e. The minimum Gasteiger partial charge on any atom is -0.221 e. The first-order chi connectivity index (χ1) is 11.7. The largest absolute Gasteiger partial charge is 0.221 e. The molecule has 0 aliphatic heterocycles. The van der Waals surface area contributed by atoms with Crippen LogP contribution in [-0.2, 0) is 0 Å². The highest BCUT2D eigenvalue weighted by atomic mass is 32.1. The summed E-state index contributed by atoms with van der Waals surface area (Å²) in [6.07, 6.45) is 12.1. The van der Waals surface area contributed by atoms with Gasteiger partial charge in [0.15, 0.2) is 0 Å². The number of nitrogens with zero attached hydrogens (tertiary/aromatic N) is 1. The van der Waals surface area contributed by atoms with Crippen molar-refractivity contribution in [2.45, 2.75) is 57.9 Å². The van der Waals surface area contributed by atoms with Crippen LogP contribution in [0.2, 0.25) is 0 Å². The normalized spacial score (nSPS) is 30.1. The number of allylic oxidation sites excluding steroid dienone is 2. The van der Waals surface area contributed by atoms with E-state index in [1.807, 2.05) is 0 Å². The van der Waals surface area contributed by atoms with Gasteiger partial charge in [0.25, 0.3) is 0 Å². The summed E-state index contributed by atoms with van der Waals surface area (Å²) in [7, 11) is 0. The predicted molar refractivity (Wildman–Crippen MR) is 106 cm³/mol. The van der Waals surface area contributed by atoms with Gasteiger partial charge in [-0.05, 0) is 61.4 Å². The summed E-state index contributed by atoms with van der Waals surface area (Å²) in [5.74, 6) is 1.50. The molecule has 0 radical (unpaired) electrons. The van der Waals surface area contributed by atoms with E-state index >= 15 is 0 Å². The second kappa shape index (κ2) is 7.59. The molecule has 1 fully saturated rings. The fraction of sp³-hybridized carbons (Fsp3) is 0.500. The van der Waals surface area contributed by atoms with Crippen LogP contribution in [0.5, 0.6) is 0 Å². The molecule has 1 aromatic carbocycles. The molecule has 1 atom stereocenters. The molecule has 1 unspecified atom stereocenters. The minimum absolute atomic E-state index is 0.164. The Kier molecular flexibility index (Phi) is 5.48. The summed E-state index contributed by atoms with van der Waals surface area (Å²) in [6, 6.07) is 10.6. The maximum atomic E-state index is 5.01. The molecule has 0 saturated heterocycles. The van der Waals surface area contributed by atoms with Gasteiger partial charge in [0.05, 0.1) is 10.7 Å². The van der Waals surface area contributed by atoms with Gasteiger partial charge in [-0.15, -0.1) is 0 Å². The molecule has 126 valence electrons. The molecule has 24 heavy (non-hydrogen) atoms. The van der Waals surface area contributed by atoms with Crippen LogP contribution in [0.25, 0.3) is 5.57 Å². The predicted octanol–water partition coefficient (Wildman–Crippen LogP) is 6.48. The van der Waals surface area contributed by atoms with Crippen LogP contribution in [-0.4, -0.2) is 10.7 Å². The average Bonchev–Trinajstić information content (AvgIpc) is 2.63. The molecular weight excluding hydrogens is 310 g/mol. The summed E-state index contributed by atoms with van der Waals surface area (Å²) >= 11 is 5.01. The minimum atomic E-state index is -0.164. The quantitative estimate of drug-likeness (QED) is 0.452.